The summed E-state index contributed by atoms with van der Waals surface area (Å²) in [6, 6.07) is 7.36. The Morgan fingerprint density at radius 2 is 2.07 bits per heavy atom. The molecule has 0 bridgehead atoms. The van der Waals surface area contributed by atoms with Gasteiger partial charge in [0, 0.05) is 0 Å². The molecule has 1 aliphatic rings. The third-order valence-corrected chi connectivity index (χ3v) is 3.09. The van der Waals surface area contributed by atoms with E-state index in [0.29, 0.717) is 5.56 Å². The maximum atomic E-state index is 11.4. The summed E-state index contributed by atoms with van der Waals surface area (Å²) in [5.41, 5.74) is 1.48. The molecule has 0 spiro atoms. The molecule has 1 aliphatic carbocycles. The lowest BCUT2D eigenvalue weighted by Gasteiger charge is -2.11. The second kappa shape index (κ2) is 3.28. The van der Waals surface area contributed by atoms with E-state index in [4.69, 9.17) is 16.3 Å². The summed E-state index contributed by atoms with van der Waals surface area (Å²) in [7, 11) is 1.38. The second-order valence-corrected chi connectivity index (χ2v) is 4.23. The van der Waals surface area contributed by atoms with Crippen molar-refractivity contribution in [2.24, 2.45) is 0 Å². The lowest BCUT2D eigenvalue weighted by Crippen LogP contribution is -2.09. The Labute approximate surface area is 87.8 Å². The molecule has 0 radical (unpaired) electrons. The van der Waals surface area contributed by atoms with Crippen molar-refractivity contribution in [1.82, 2.24) is 0 Å². The van der Waals surface area contributed by atoms with E-state index in [1.54, 1.807) is 6.07 Å². The molecule has 0 aliphatic heterocycles. The average molecular weight is 211 g/mol. The first kappa shape index (κ1) is 9.53. The number of halogens is 1. The number of carbonyl (C=O) groups is 1. The fourth-order valence-electron chi connectivity index (χ4n) is 1.54. The molecule has 1 aromatic rings. The Kier molecular flexibility index (Phi) is 2.23. The molecule has 0 saturated heterocycles. The SMILES string of the molecule is COC(=O)c1ccccc1C1(Cl)CC1. The third kappa shape index (κ3) is 1.50. The third-order valence-electron chi connectivity index (χ3n) is 2.50. The van der Waals surface area contributed by atoms with Gasteiger partial charge in [-0.05, 0) is 24.5 Å². The van der Waals surface area contributed by atoms with Gasteiger partial charge in [-0.3, -0.25) is 0 Å². The van der Waals surface area contributed by atoms with Gasteiger partial charge in [-0.15, -0.1) is 11.6 Å². The van der Waals surface area contributed by atoms with Crippen molar-refractivity contribution < 1.29 is 9.53 Å². The van der Waals surface area contributed by atoms with Gasteiger partial charge in [0.05, 0.1) is 17.5 Å². The van der Waals surface area contributed by atoms with Gasteiger partial charge in [0.2, 0.25) is 0 Å². The molecule has 74 valence electrons. The number of hydrogen-bond acceptors (Lipinski definition) is 2. The van der Waals surface area contributed by atoms with Crippen LogP contribution in [0.3, 0.4) is 0 Å². The van der Waals surface area contributed by atoms with Gasteiger partial charge in [-0.1, -0.05) is 18.2 Å². The molecule has 0 aromatic heterocycles. The highest BCUT2D eigenvalue weighted by Gasteiger charge is 2.44. The first-order valence-electron chi connectivity index (χ1n) is 4.54. The topological polar surface area (TPSA) is 26.3 Å². The molecule has 0 amide bonds. The van der Waals surface area contributed by atoms with Crippen LogP contribution in [0, 0.1) is 0 Å². The van der Waals surface area contributed by atoms with E-state index in [9.17, 15) is 4.79 Å². The molecule has 1 aromatic carbocycles. The predicted molar refractivity (Wildman–Crippen MR) is 54.5 cm³/mol. The normalized spacial score (nSPS) is 17.6. The van der Waals surface area contributed by atoms with Crippen LogP contribution in [-0.4, -0.2) is 13.1 Å². The van der Waals surface area contributed by atoms with E-state index in [-0.39, 0.29) is 10.8 Å². The maximum absolute atomic E-state index is 11.4. The van der Waals surface area contributed by atoms with Crippen LogP contribution < -0.4 is 0 Å². The summed E-state index contributed by atoms with van der Waals surface area (Å²) < 4.78 is 4.70. The summed E-state index contributed by atoms with van der Waals surface area (Å²) >= 11 is 6.27. The molecule has 0 atom stereocenters. The zero-order chi connectivity index (χ0) is 10.2. The second-order valence-electron chi connectivity index (χ2n) is 3.50. The lowest BCUT2D eigenvalue weighted by atomic mass is 10.0. The molecule has 2 rings (SSSR count). The van der Waals surface area contributed by atoms with Crippen molar-refractivity contribution in [3.8, 4) is 0 Å². The van der Waals surface area contributed by atoms with Crippen LogP contribution >= 0.6 is 11.6 Å². The molecular formula is C11H11ClO2. The van der Waals surface area contributed by atoms with Crippen LogP contribution in [-0.2, 0) is 9.61 Å². The molecule has 1 fully saturated rings. The minimum absolute atomic E-state index is 0.312. The highest BCUT2D eigenvalue weighted by Crippen LogP contribution is 2.52. The van der Waals surface area contributed by atoms with Crippen LogP contribution in [0.4, 0.5) is 0 Å². The number of ether oxygens (including phenoxy) is 1. The molecule has 2 nitrogen and oxygen atoms in total. The van der Waals surface area contributed by atoms with Gasteiger partial charge in [-0.25, -0.2) is 4.79 Å². The van der Waals surface area contributed by atoms with Gasteiger partial charge < -0.3 is 4.74 Å². The van der Waals surface area contributed by atoms with Crippen molar-refractivity contribution in [2.75, 3.05) is 7.11 Å². The Morgan fingerprint density at radius 3 is 2.64 bits per heavy atom. The fraction of sp³-hybridized carbons (Fsp3) is 0.364. The molecular weight excluding hydrogens is 200 g/mol. The Balaban J connectivity index is 2.44. The number of benzene rings is 1. The summed E-state index contributed by atoms with van der Waals surface area (Å²) in [6.45, 7) is 0. The van der Waals surface area contributed by atoms with Crippen LogP contribution in [0.15, 0.2) is 24.3 Å². The number of hydrogen-bond donors (Lipinski definition) is 0. The maximum Gasteiger partial charge on any atom is 0.338 e. The van der Waals surface area contributed by atoms with Crippen LogP contribution in [0.25, 0.3) is 0 Å². The van der Waals surface area contributed by atoms with Crippen molar-refractivity contribution in [2.45, 2.75) is 17.7 Å². The standard InChI is InChI=1S/C11H11ClO2/c1-14-10(13)8-4-2-3-5-9(8)11(12)6-7-11/h2-5H,6-7H2,1H3. The zero-order valence-electron chi connectivity index (χ0n) is 7.92. The Morgan fingerprint density at radius 1 is 1.43 bits per heavy atom. The summed E-state index contributed by atoms with van der Waals surface area (Å²) in [5.74, 6) is -0.312. The smallest absolute Gasteiger partial charge is 0.338 e. The van der Waals surface area contributed by atoms with E-state index in [2.05, 4.69) is 0 Å². The van der Waals surface area contributed by atoms with Crippen molar-refractivity contribution in [3.63, 3.8) is 0 Å². The highest BCUT2D eigenvalue weighted by atomic mass is 35.5. The van der Waals surface area contributed by atoms with Crippen LogP contribution in [0.5, 0.6) is 0 Å². The monoisotopic (exact) mass is 210 g/mol. The van der Waals surface area contributed by atoms with Gasteiger partial charge in [0.1, 0.15) is 0 Å². The molecule has 0 heterocycles. The summed E-state index contributed by atoms with van der Waals surface area (Å²) in [4.78, 5) is 11.1. The van der Waals surface area contributed by atoms with Crippen molar-refractivity contribution in [1.29, 1.82) is 0 Å². The molecule has 14 heavy (non-hydrogen) atoms. The largest absolute Gasteiger partial charge is 0.465 e. The summed E-state index contributed by atoms with van der Waals surface area (Å²) in [5, 5.41) is 0. The minimum atomic E-state index is -0.315. The average Bonchev–Trinajstić information content (AvgIpc) is 2.97. The van der Waals surface area contributed by atoms with Crippen molar-refractivity contribution >= 4 is 17.6 Å². The van der Waals surface area contributed by atoms with E-state index in [1.807, 2.05) is 18.2 Å². The lowest BCUT2D eigenvalue weighted by molar-refractivity contribution is 0.0599. The summed E-state index contributed by atoms with van der Waals surface area (Å²) in [6.07, 6.45) is 1.87. The van der Waals surface area contributed by atoms with Gasteiger partial charge in [0.15, 0.2) is 0 Å². The van der Waals surface area contributed by atoms with E-state index in [0.717, 1.165) is 18.4 Å². The quantitative estimate of drug-likeness (QED) is 0.554. The number of methoxy groups -OCH3 is 1. The predicted octanol–water partition coefficient (Wildman–Crippen LogP) is 2.70. The first-order chi connectivity index (χ1) is 6.67. The fourth-order valence-corrected chi connectivity index (χ4v) is 1.80. The van der Waals surface area contributed by atoms with Crippen LogP contribution in [0.2, 0.25) is 0 Å². The van der Waals surface area contributed by atoms with Gasteiger partial charge in [-0.2, -0.15) is 0 Å². The minimum Gasteiger partial charge on any atom is -0.465 e. The number of esters is 1. The van der Waals surface area contributed by atoms with Gasteiger partial charge >= 0.3 is 5.97 Å². The zero-order valence-corrected chi connectivity index (χ0v) is 8.67. The van der Waals surface area contributed by atoms with E-state index < -0.39 is 0 Å². The number of alkyl halides is 1. The first-order valence-corrected chi connectivity index (χ1v) is 4.92. The Bertz CT molecular complexity index is 369. The molecule has 1 saturated carbocycles. The number of rotatable bonds is 2. The van der Waals surface area contributed by atoms with E-state index in [1.165, 1.54) is 7.11 Å². The molecule has 0 unspecified atom stereocenters. The van der Waals surface area contributed by atoms with Crippen LogP contribution in [0.1, 0.15) is 28.8 Å². The van der Waals surface area contributed by atoms with Gasteiger partial charge in [0.25, 0.3) is 0 Å². The van der Waals surface area contributed by atoms with Crippen molar-refractivity contribution in [3.05, 3.63) is 35.4 Å². The molecule has 0 N–H and O–H groups in total. The highest BCUT2D eigenvalue weighted by molar-refractivity contribution is 6.26. The molecule has 3 heteroatoms. The van der Waals surface area contributed by atoms with E-state index >= 15 is 0 Å². The Hall–Kier alpha value is -1.02. The number of carbonyl (C=O) groups excluding carboxylic acids is 1.